The van der Waals surface area contributed by atoms with E-state index in [0.29, 0.717) is 11.6 Å². The largest absolute Gasteiger partial charge is 0.296 e. The minimum absolute atomic E-state index is 0.313. The molecule has 1 aliphatic carbocycles. The van der Waals surface area contributed by atoms with Crippen molar-refractivity contribution < 1.29 is 4.39 Å². The lowest BCUT2D eigenvalue weighted by Crippen LogP contribution is -2.32. The van der Waals surface area contributed by atoms with Crippen LogP contribution in [-0.4, -0.2) is 17.5 Å². The number of halogens is 1. The molecular weight excluding hydrogens is 227 g/mol. The molecular formula is C15H19FN2. The van der Waals surface area contributed by atoms with Crippen LogP contribution in [0.3, 0.4) is 0 Å². The minimum atomic E-state index is -0.313. The molecule has 0 atom stereocenters. The van der Waals surface area contributed by atoms with Crippen molar-refractivity contribution >= 4 is 0 Å². The summed E-state index contributed by atoms with van der Waals surface area (Å²) in [7, 11) is 0. The fraction of sp³-hybridized carbons (Fsp3) is 0.533. The highest BCUT2D eigenvalue weighted by Crippen LogP contribution is 2.25. The fourth-order valence-corrected chi connectivity index (χ4v) is 2.81. The van der Waals surface area contributed by atoms with Gasteiger partial charge in [-0.05, 0) is 43.1 Å². The third-order valence-electron chi connectivity index (χ3n) is 3.72. The molecule has 0 aliphatic heterocycles. The Morgan fingerprint density at radius 1 is 1.33 bits per heavy atom. The average molecular weight is 246 g/mol. The lowest BCUT2D eigenvalue weighted by molar-refractivity contribution is 0.200. The average Bonchev–Trinajstić information content (AvgIpc) is 2.89. The van der Waals surface area contributed by atoms with Crippen molar-refractivity contribution in [3.05, 3.63) is 35.1 Å². The molecule has 0 amide bonds. The van der Waals surface area contributed by atoms with Crippen molar-refractivity contribution in [2.24, 2.45) is 0 Å². The van der Waals surface area contributed by atoms with Gasteiger partial charge >= 0.3 is 0 Å². The van der Waals surface area contributed by atoms with Crippen LogP contribution in [0.15, 0.2) is 18.2 Å². The first-order valence-corrected chi connectivity index (χ1v) is 6.66. The Balaban J connectivity index is 2.11. The quantitative estimate of drug-likeness (QED) is 0.813. The Kier molecular flexibility index (Phi) is 4.33. The summed E-state index contributed by atoms with van der Waals surface area (Å²) >= 11 is 0. The van der Waals surface area contributed by atoms with Crippen LogP contribution < -0.4 is 0 Å². The Bertz CT molecular complexity index is 444. The predicted octanol–water partition coefficient (Wildman–Crippen LogP) is 3.46. The minimum Gasteiger partial charge on any atom is -0.296 e. The number of hydrogen-bond donors (Lipinski definition) is 0. The van der Waals surface area contributed by atoms with Crippen LogP contribution in [0.1, 0.15) is 43.7 Å². The van der Waals surface area contributed by atoms with Crippen LogP contribution in [-0.2, 0) is 6.54 Å². The van der Waals surface area contributed by atoms with E-state index < -0.39 is 0 Å². The van der Waals surface area contributed by atoms with E-state index >= 15 is 0 Å². The Labute approximate surface area is 108 Å². The van der Waals surface area contributed by atoms with Gasteiger partial charge in [-0.2, -0.15) is 5.26 Å². The molecule has 1 aliphatic rings. The van der Waals surface area contributed by atoms with Crippen molar-refractivity contribution in [3.8, 4) is 6.07 Å². The molecule has 0 saturated heterocycles. The molecule has 0 spiro atoms. The smallest absolute Gasteiger partial charge is 0.124 e. The van der Waals surface area contributed by atoms with E-state index in [4.69, 9.17) is 5.26 Å². The molecule has 0 unspecified atom stereocenters. The van der Waals surface area contributed by atoms with Gasteiger partial charge in [-0.1, -0.05) is 19.8 Å². The van der Waals surface area contributed by atoms with Crippen LogP contribution in [0.25, 0.3) is 0 Å². The van der Waals surface area contributed by atoms with Gasteiger partial charge in [0.2, 0.25) is 0 Å². The van der Waals surface area contributed by atoms with E-state index in [2.05, 4.69) is 11.8 Å². The third kappa shape index (κ3) is 3.08. The van der Waals surface area contributed by atoms with E-state index in [9.17, 15) is 4.39 Å². The van der Waals surface area contributed by atoms with Crippen molar-refractivity contribution in [3.63, 3.8) is 0 Å². The summed E-state index contributed by atoms with van der Waals surface area (Å²) in [6.45, 7) is 3.86. The normalized spacial score (nSPS) is 16.1. The van der Waals surface area contributed by atoms with Gasteiger partial charge in [0, 0.05) is 12.6 Å². The second-order valence-corrected chi connectivity index (χ2v) is 4.96. The summed E-state index contributed by atoms with van der Waals surface area (Å²) in [6, 6.07) is 7.26. The Morgan fingerprint density at radius 2 is 2.06 bits per heavy atom. The van der Waals surface area contributed by atoms with Gasteiger partial charge in [0.25, 0.3) is 0 Å². The van der Waals surface area contributed by atoms with Gasteiger partial charge in [0.05, 0.1) is 11.6 Å². The molecule has 1 fully saturated rings. The molecule has 0 N–H and O–H groups in total. The molecule has 18 heavy (non-hydrogen) atoms. The summed E-state index contributed by atoms with van der Waals surface area (Å²) in [6.07, 6.45) is 5.09. The fourth-order valence-electron chi connectivity index (χ4n) is 2.81. The van der Waals surface area contributed by atoms with Crippen molar-refractivity contribution in [2.75, 3.05) is 6.54 Å². The molecule has 0 radical (unpaired) electrons. The highest BCUT2D eigenvalue weighted by molar-refractivity contribution is 5.33. The molecule has 2 nitrogen and oxygen atoms in total. The van der Waals surface area contributed by atoms with Gasteiger partial charge in [-0.15, -0.1) is 0 Å². The van der Waals surface area contributed by atoms with Gasteiger partial charge in [0.1, 0.15) is 5.82 Å². The lowest BCUT2D eigenvalue weighted by atomic mass is 10.1. The van der Waals surface area contributed by atoms with E-state index in [1.165, 1.54) is 31.7 Å². The number of rotatable bonds is 4. The maximum Gasteiger partial charge on any atom is 0.124 e. The van der Waals surface area contributed by atoms with Crippen LogP contribution >= 0.6 is 0 Å². The summed E-state index contributed by atoms with van der Waals surface area (Å²) in [5.41, 5.74) is 1.31. The van der Waals surface area contributed by atoms with Gasteiger partial charge < -0.3 is 0 Å². The predicted molar refractivity (Wildman–Crippen MR) is 69.5 cm³/mol. The van der Waals surface area contributed by atoms with Crippen LogP contribution in [0, 0.1) is 17.1 Å². The first kappa shape index (κ1) is 13.0. The third-order valence-corrected chi connectivity index (χ3v) is 3.72. The second-order valence-electron chi connectivity index (χ2n) is 4.96. The monoisotopic (exact) mass is 246 g/mol. The molecule has 0 heterocycles. The molecule has 0 bridgehead atoms. The summed E-state index contributed by atoms with van der Waals surface area (Å²) in [4.78, 5) is 2.39. The van der Waals surface area contributed by atoms with Crippen molar-refractivity contribution in [1.29, 1.82) is 5.26 Å². The highest BCUT2D eigenvalue weighted by Gasteiger charge is 2.21. The topological polar surface area (TPSA) is 27.0 Å². The molecule has 96 valence electrons. The Morgan fingerprint density at radius 3 is 2.67 bits per heavy atom. The first-order valence-electron chi connectivity index (χ1n) is 6.66. The molecule has 1 aromatic carbocycles. The molecule has 2 rings (SSSR count). The summed E-state index contributed by atoms with van der Waals surface area (Å²) < 4.78 is 13.4. The highest BCUT2D eigenvalue weighted by atomic mass is 19.1. The number of nitrogens with zero attached hydrogens (tertiary/aromatic N) is 2. The van der Waals surface area contributed by atoms with Gasteiger partial charge in [-0.25, -0.2) is 4.39 Å². The van der Waals surface area contributed by atoms with E-state index in [-0.39, 0.29) is 5.82 Å². The van der Waals surface area contributed by atoms with Crippen LogP contribution in [0.4, 0.5) is 4.39 Å². The molecule has 3 heteroatoms. The van der Waals surface area contributed by atoms with E-state index in [1.54, 1.807) is 12.1 Å². The molecule has 1 aromatic rings. The van der Waals surface area contributed by atoms with E-state index in [1.807, 2.05) is 6.07 Å². The zero-order chi connectivity index (χ0) is 13.0. The maximum atomic E-state index is 13.4. The summed E-state index contributed by atoms with van der Waals surface area (Å²) in [5, 5.41) is 8.86. The zero-order valence-corrected chi connectivity index (χ0v) is 10.8. The number of nitriles is 1. The number of hydrogen-bond acceptors (Lipinski definition) is 2. The lowest BCUT2D eigenvalue weighted by Gasteiger charge is -2.27. The summed E-state index contributed by atoms with van der Waals surface area (Å²) in [5.74, 6) is -0.313. The second kappa shape index (κ2) is 5.97. The van der Waals surface area contributed by atoms with Gasteiger partial charge in [-0.3, -0.25) is 4.90 Å². The van der Waals surface area contributed by atoms with Gasteiger partial charge in [0.15, 0.2) is 0 Å². The first-order chi connectivity index (χ1) is 8.72. The van der Waals surface area contributed by atoms with Crippen molar-refractivity contribution in [2.45, 2.75) is 45.2 Å². The standard InChI is InChI=1S/C15H19FN2/c1-2-18(15-5-3-4-6-15)11-13-7-12(10-17)8-14(16)9-13/h7-9,15H,2-6,11H2,1H3. The van der Waals surface area contributed by atoms with Crippen LogP contribution in [0.2, 0.25) is 0 Å². The molecule has 0 aromatic heterocycles. The van der Waals surface area contributed by atoms with Crippen LogP contribution in [0.5, 0.6) is 0 Å². The number of benzene rings is 1. The maximum absolute atomic E-state index is 13.4. The SMILES string of the molecule is CCN(Cc1cc(F)cc(C#N)c1)C1CCCC1. The van der Waals surface area contributed by atoms with E-state index in [0.717, 1.165) is 18.7 Å². The van der Waals surface area contributed by atoms with Crippen molar-refractivity contribution in [1.82, 2.24) is 4.90 Å². The zero-order valence-electron chi connectivity index (χ0n) is 10.8. The Hall–Kier alpha value is -1.40. The molecule has 1 saturated carbocycles.